The van der Waals surface area contributed by atoms with Crippen LogP contribution in [0.1, 0.15) is 53.9 Å². The average molecular weight is 240 g/mol. The Labute approximate surface area is 106 Å². The smallest absolute Gasteiger partial charge is 0.227 e. The van der Waals surface area contributed by atoms with Gasteiger partial charge in [0.2, 0.25) is 5.91 Å². The fourth-order valence-corrected chi connectivity index (χ4v) is 2.31. The summed E-state index contributed by atoms with van der Waals surface area (Å²) < 4.78 is 0. The van der Waals surface area contributed by atoms with Crippen molar-refractivity contribution in [3.63, 3.8) is 0 Å². The molecule has 2 atom stereocenters. The maximum absolute atomic E-state index is 12.5. The van der Waals surface area contributed by atoms with Crippen LogP contribution in [0.15, 0.2) is 0 Å². The Bertz CT molecular complexity index is 262. The number of carbonyl (C=O) groups excluding carboxylic acids is 1. The standard InChI is InChI=1S/C14H28N2O/c1-6-7-14(8-9-15-10-14)12(17)16-11(2)13(3,4)5/h11,15H,6-10H2,1-5H3,(H,16,17). The van der Waals surface area contributed by atoms with E-state index in [-0.39, 0.29) is 22.8 Å². The molecule has 0 aromatic heterocycles. The summed E-state index contributed by atoms with van der Waals surface area (Å²) in [5.41, 5.74) is -0.0383. The molecular weight excluding hydrogens is 212 g/mol. The number of carbonyl (C=O) groups is 1. The highest BCUT2D eigenvalue weighted by Gasteiger charge is 2.41. The van der Waals surface area contributed by atoms with Crippen molar-refractivity contribution in [3.05, 3.63) is 0 Å². The molecule has 100 valence electrons. The van der Waals surface area contributed by atoms with Crippen LogP contribution in [0.5, 0.6) is 0 Å². The zero-order valence-corrected chi connectivity index (χ0v) is 12.0. The fraction of sp³-hybridized carbons (Fsp3) is 0.929. The van der Waals surface area contributed by atoms with Crippen molar-refractivity contribution in [2.24, 2.45) is 10.8 Å². The van der Waals surface area contributed by atoms with Crippen molar-refractivity contribution in [3.8, 4) is 0 Å². The number of hydrogen-bond acceptors (Lipinski definition) is 2. The van der Waals surface area contributed by atoms with Crippen LogP contribution < -0.4 is 10.6 Å². The van der Waals surface area contributed by atoms with Crippen LogP contribution in [0.2, 0.25) is 0 Å². The van der Waals surface area contributed by atoms with Gasteiger partial charge in [0.25, 0.3) is 0 Å². The lowest BCUT2D eigenvalue weighted by Gasteiger charge is -2.33. The van der Waals surface area contributed by atoms with Crippen LogP contribution in [-0.2, 0) is 4.79 Å². The van der Waals surface area contributed by atoms with Crippen LogP contribution in [0.3, 0.4) is 0 Å². The van der Waals surface area contributed by atoms with E-state index in [1.54, 1.807) is 0 Å². The van der Waals surface area contributed by atoms with E-state index in [0.29, 0.717) is 0 Å². The minimum atomic E-state index is -0.158. The highest BCUT2D eigenvalue weighted by molar-refractivity contribution is 5.83. The van der Waals surface area contributed by atoms with E-state index in [2.05, 4.69) is 45.3 Å². The summed E-state index contributed by atoms with van der Waals surface area (Å²) in [6.07, 6.45) is 3.03. The first kappa shape index (κ1) is 14.5. The van der Waals surface area contributed by atoms with Crippen molar-refractivity contribution < 1.29 is 4.79 Å². The molecule has 0 spiro atoms. The maximum atomic E-state index is 12.5. The van der Waals surface area contributed by atoms with Crippen LogP contribution in [0.4, 0.5) is 0 Å². The normalized spacial score (nSPS) is 26.9. The van der Waals surface area contributed by atoms with E-state index >= 15 is 0 Å². The number of rotatable bonds is 4. The summed E-state index contributed by atoms with van der Waals surface area (Å²) in [5, 5.41) is 6.54. The third kappa shape index (κ3) is 3.44. The second-order valence-electron chi connectivity index (χ2n) is 6.52. The molecule has 0 aromatic rings. The largest absolute Gasteiger partial charge is 0.353 e. The summed E-state index contributed by atoms with van der Waals surface area (Å²) in [5.74, 6) is 0.242. The molecule has 1 amide bonds. The van der Waals surface area contributed by atoms with Crippen molar-refractivity contribution in [2.75, 3.05) is 13.1 Å². The van der Waals surface area contributed by atoms with E-state index in [1.165, 1.54) is 0 Å². The monoisotopic (exact) mass is 240 g/mol. The van der Waals surface area contributed by atoms with Gasteiger partial charge in [0.15, 0.2) is 0 Å². The Morgan fingerprint density at radius 2 is 2.12 bits per heavy atom. The van der Waals surface area contributed by atoms with Gasteiger partial charge in [0.1, 0.15) is 0 Å². The first-order valence-electron chi connectivity index (χ1n) is 6.83. The van der Waals surface area contributed by atoms with Gasteiger partial charge in [-0.3, -0.25) is 4.79 Å². The third-order valence-corrected chi connectivity index (χ3v) is 4.10. The molecule has 2 N–H and O–H groups in total. The zero-order valence-electron chi connectivity index (χ0n) is 12.0. The molecule has 1 aliphatic rings. The second-order valence-corrected chi connectivity index (χ2v) is 6.52. The molecule has 1 rings (SSSR count). The molecule has 17 heavy (non-hydrogen) atoms. The van der Waals surface area contributed by atoms with Crippen molar-refractivity contribution >= 4 is 5.91 Å². The van der Waals surface area contributed by atoms with Gasteiger partial charge < -0.3 is 10.6 Å². The molecule has 0 aliphatic carbocycles. The molecule has 3 nitrogen and oxygen atoms in total. The van der Waals surface area contributed by atoms with E-state index in [4.69, 9.17) is 0 Å². The molecule has 0 aromatic carbocycles. The Kier molecular flexibility index (Phi) is 4.59. The van der Waals surface area contributed by atoms with Crippen molar-refractivity contribution in [2.45, 2.75) is 59.9 Å². The molecule has 0 bridgehead atoms. The lowest BCUT2D eigenvalue weighted by atomic mass is 9.80. The molecule has 2 unspecified atom stereocenters. The third-order valence-electron chi connectivity index (χ3n) is 4.10. The van der Waals surface area contributed by atoms with Crippen molar-refractivity contribution in [1.82, 2.24) is 10.6 Å². The average Bonchev–Trinajstić information content (AvgIpc) is 2.66. The van der Waals surface area contributed by atoms with Gasteiger partial charge >= 0.3 is 0 Å². The van der Waals surface area contributed by atoms with Crippen molar-refractivity contribution in [1.29, 1.82) is 0 Å². The van der Waals surface area contributed by atoms with Crippen LogP contribution in [0, 0.1) is 10.8 Å². The quantitative estimate of drug-likeness (QED) is 0.792. The number of amides is 1. The molecule has 3 heteroatoms. The lowest BCUT2D eigenvalue weighted by molar-refractivity contribution is -0.131. The predicted octanol–water partition coefficient (Wildman–Crippen LogP) is 2.32. The van der Waals surface area contributed by atoms with Gasteiger partial charge in [-0.15, -0.1) is 0 Å². The fourth-order valence-electron chi connectivity index (χ4n) is 2.31. The molecule has 1 heterocycles. The Morgan fingerprint density at radius 1 is 1.47 bits per heavy atom. The summed E-state index contributed by atoms with van der Waals surface area (Å²) in [6, 6.07) is 0.212. The van der Waals surface area contributed by atoms with Gasteiger partial charge in [0, 0.05) is 12.6 Å². The second kappa shape index (κ2) is 5.38. The van der Waals surface area contributed by atoms with Gasteiger partial charge in [-0.25, -0.2) is 0 Å². The van der Waals surface area contributed by atoms with E-state index < -0.39 is 0 Å². The first-order valence-corrected chi connectivity index (χ1v) is 6.83. The van der Waals surface area contributed by atoms with Gasteiger partial charge in [0.05, 0.1) is 5.41 Å². The Hall–Kier alpha value is -0.570. The van der Waals surface area contributed by atoms with E-state index in [1.807, 2.05) is 0 Å². The summed E-state index contributed by atoms with van der Waals surface area (Å²) in [6.45, 7) is 12.5. The molecule has 1 saturated heterocycles. The molecular formula is C14H28N2O. The highest BCUT2D eigenvalue weighted by Crippen LogP contribution is 2.32. The van der Waals surface area contributed by atoms with Gasteiger partial charge in [-0.1, -0.05) is 34.1 Å². The molecule has 1 fully saturated rings. The lowest BCUT2D eigenvalue weighted by Crippen LogP contribution is -2.49. The highest BCUT2D eigenvalue weighted by atomic mass is 16.2. The number of hydrogen-bond donors (Lipinski definition) is 2. The SMILES string of the molecule is CCCC1(C(=O)NC(C)C(C)(C)C)CCNC1. The first-order chi connectivity index (χ1) is 7.82. The van der Waals surface area contributed by atoms with Gasteiger partial charge in [-0.2, -0.15) is 0 Å². The number of nitrogens with one attached hydrogen (secondary N) is 2. The molecule has 0 saturated carbocycles. The minimum Gasteiger partial charge on any atom is -0.353 e. The molecule has 1 aliphatic heterocycles. The van der Waals surface area contributed by atoms with Crippen LogP contribution >= 0.6 is 0 Å². The zero-order chi connectivity index (χ0) is 13.1. The summed E-state index contributed by atoms with van der Waals surface area (Å²) in [4.78, 5) is 12.5. The predicted molar refractivity (Wildman–Crippen MR) is 71.9 cm³/mol. The maximum Gasteiger partial charge on any atom is 0.227 e. The minimum absolute atomic E-state index is 0.120. The van der Waals surface area contributed by atoms with E-state index in [9.17, 15) is 4.79 Å². The Morgan fingerprint density at radius 3 is 2.53 bits per heavy atom. The summed E-state index contributed by atoms with van der Waals surface area (Å²) >= 11 is 0. The topological polar surface area (TPSA) is 41.1 Å². The van der Waals surface area contributed by atoms with Crippen LogP contribution in [-0.4, -0.2) is 25.0 Å². The van der Waals surface area contributed by atoms with Crippen LogP contribution in [0.25, 0.3) is 0 Å². The van der Waals surface area contributed by atoms with E-state index in [0.717, 1.165) is 32.4 Å². The molecule has 0 radical (unpaired) electrons. The summed E-state index contributed by atoms with van der Waals surface area (Å²) in [7, 11) is 0. The van der Waals surface area contributed by atoms with Gasteiger partial charge in [-0.05, 0) is 31.7 Å². The Balaban J connectivity index is 2.67.